The highest BCUT2D eigenvalue weighted by Crippen LogP contribution is 2.34. The predicted octanol–water partition coefficient (Wildman–Crippen LogP) is 3.26. The first-order chi connectivity index (χ1) is 7.84. The van der Waals surface area contributed by atoms with E-state index in [2.05, 4.69) is 0 Å². The fourth-order valence-electron chi connectivity index (χ4n) is 1.27. The molecule has 90 valence electrons. The molecule has 0 aliphatic rings. The summed E-state index contributed by atoms with van der Waals surface area (Å²) in [5.74, 6) is -0.850. The number of ketones is 2. The lowest BCUT2D eigenvalue weighted by Crippen LogP contribution is -2.05. The number of hydrogen-bond donors (Lipinski definition) is 1. The highest BCUT2D eigenvalue weighted by Gasteiger charge is 2.13. The molecule has 0 heterocycles. The second-order valence-electron chi connectivity index (χ2n) is 3.47. The third-order valence-electron chi connectivity index (χ3n) is 2.15. The number of carbonyl (C=O) groups is 2. The summed E-state index contributed by atoms with van der Waals surface area (Å²) in [5, 5.41) is 9.40. The summed E-state index contributed by atoms with van der Waals surface area (Å²) in [4.78, 5) is 22.5. The molecule has 0 amide bonds. The van der Waals surface area contributed by atoms with E-state index in [1.807, 2.05) is 0 Å². The van der Waals surface area contributed by atoms with Crippen LogP contribution in [0.25, 0.3) is 6.08 Å². The van der Waals surface area contributed by atoms with Gasteiger partial charge in [-0.2, -0.15) is 0 Å². The van der Waals surface area contributed by atoms with Crippen LogP contribution in [0.3, 0.4) is 0 Å². The van der Waals surface area contributed by atoms with E-state index in [9.17, 15) is 14.7 Å². The van der Waals surface area contributed by atoms with Gasteiger partial charge in [-0.15, -0.1) is 0 Å². The van der Waals surface area contributed by atoms with E-state index in [1.54, 1.807) is 0 Å². The molecule has 1 N–H and O–H groups in total. The zero-order valence-corrected chi connectivity index (χ0v) is 10.8. The summed E-state index contributed by atoms with van der Waals surface area (Å²) >= 11 is 11.6. The third kappa shape index (κ3) is 3.08. The van der Waals surface area contributed by atoms with Crippen molar-refractivity contribution in [1.82, 2.24) is 0 Å². The van der Waals surface area contributed by atoms with Crippen molar-refractivity contribution in [2.24, 2.45) is 0 Å². The largest absolute Gasteiger partial charge is 0.506 e. The third-order valence-corrected chi connectivity index (χ3v) is 3.04. The number of phenols is 1. The lowest BCUT2D eigenvalue weighted by molar-refractivity contribution is -0.119. The molecule has 1 rings (SSSR count). The molecule has 3 nitrogen and oxygen atoms in total. The minimum atomic E-state index is -0.349. The smallest absolute Gasteiger partial charge is 0.163 e. The molecule has 1 aromatic rings. The van der Waals surface area contributed by atoms with Crippen LogP contribution in [0, 0.1) is 0 Å². The normalized spacial score (nSPS) is 9.88. The lowest BCUT2D eigenvalue weighted by Gasteiger charge is -2.04. The second kappa shape index (κ2) is 5.34. The van der Waals surface area contributed by atoms with Gasteiger partial charge in [0.2, 0.25) is 0 Å². The Hall–Kier alpha value is -1.32. The molecule has 0 saturated heterocycles. The van der Waals surface area contributed by atoms with Crippen LogP contribution in [-0.4, -0.2) is 16.7 Å². The van der Waals surface area contributed by atoms with E-state index < -0.39 is 0 Å². The minimum absolute atomic E-state index is 0.00753. The molecule has 1 aromatic carbocycles. The molecule has 17 heavy (non-hydrogen) atoms. The van der Waals surface area contributed by atoms with Crippen molar-refractivity contribution in [2.45, 2.75) is 13.8 Å². The lowest BCUT2D eigenvalue weighted by atomic mass is 10.0. The van der Waals surface area contributed by atoms with Crippen LogP contribution in [0.2, 0.25) is 10.0 Å². The maximum absolute atomic E-state index is 11.2. The molecular formula is C12H10Cl2O3. The fourth-order valence-corrected chi connectivity index (χ4v) is 1.66. The standard InChI is InChI=1S/C12H10Cl2O3/c1-6(15)9(7(2)16)5-8-3-4-10(17)12(14)11(8)13/h3-5,17H,1-2H3. The van der Waals surface area contributed by atoms with Crippen LogP contribution in [0.15, 0.2) is 17.7 Å². The Bertz CT molecular complexity index is 503. The predicted molar refractivity (Wildman–Crippen MR) is 67.5 cm³/mol. The van der Waals surface area contributed by atoms with Crippen molar-refractivity contribution in [3.8, 4) is 5.75 Å². The first-order valence-corrected chi connectivity index (χ1v) is 5.50. The van der Waals surface area contributed by atoms with Crippen molar-refractivity contribution >= 4 is 40.8 Å². The second-order valence-corrected chi connectivity index (χ2v) is 4.23. The van der Waals surface area contributed by atoms with Crippen molar-refractivity contribution in [1.29, 1.82) is 0 Å². The average molecular weight is 273 g/mol. The monoisotopic (exact) mass is 272 g/mol. The van der Waals surface area contributed by atoms with Crippen molar-refractivity contribution in [2.75, 3.05) is 0 Å². The number of carbonyl (C=O) groups excluding carboxylic acids is 2. The Morgan fingerprint density at radius 3 is 2.12 bits per heavy atom. The van der Waals surface area contributed by atoms with Gasteiger partial charge in [-0.05, 0) is 37.6 Å². The van der Waals surface area contributed by atoms with E-state index in [-0.39, 0.29) is 32.9 Å². The SMILES string of the molecule is CC(=O)C(=Cc1ccc(O)c(Cl)c1Cl)C(C)=O. The van der Waals surface area contributed by atoms with Gasteiger partial charge in [0, 0.05) is 0 Å². The molecule has 0 atom stereocenters. The van der Waals surface area contributed by atoms with Crippen LogP contribution in [0.1, 0.15) is 19.4 Å². The maximum Gasteiger partial charge on any atom is 0.163 e. The molecular weight excluding hydrogens is 263 g/mol. The molecule has 0 unspecified atom stereocenters. The average Bonchev–Trinajstić information content (AvgIpc) is 2.24. The summed E-state index contributed by atoms with van der Waals surface area (Å²) in [6, 6.07) is 2.83. The first kappa shape index (κ1) is 13.7. The van der Waals surface area contributed by atoms with Crippen LogP contribution in [-0.2, 0) is 9.59 Å². The first-order valence-electron chi connectivity index (χ1n) is 4.75. The van der Waals surface area contributed by atoms with Crippen molar-refractivity contribution in [3.05, 3.63) is 33.3 Å². The van der Waals surface area contributed by atoms with Crippen LogP contribution >= 0.6 is 23.2 Å². The van der Waals surface area contributed by atoms with Gasteiger partial charge < -0.3 is 5.11 Å². The molecule has 0 bridgehead atoms. The van der Waals surface area contributed by atoms with E-state index in [4.69, 9.17) is 23.2 Å². The van der Waals surface area contributed by atoms with Gasteiger partial charge in [0.05, 0.1) is 10.6 Å². The quantitative estimate of drug-likeness (QED) is 0.522. The van der Waals surface area contributed by atoms with E-state index in [1.165, 1.54) is 32.1 Å². The summed E-state index contributed by atoms with van der Waals surface area (Å²) in [5.41, 5.74) is 0.448. The summed E-state index contributed by atoms with van der Waals surface area (Å²) < 4.78 is 0. The van der Waals surface area contributed by atoms with Crippen LogP contribution < -0.4 is 0 Å². The van der Waals surface area contributed by atoms with Gasteiger partial charge in [-0.1, -0.05) is 23.2 Å². The van der Waals surface area contributed by atoms with Gasteiger partial charge in [0.25, 0.3) is 0 Å². The number of benzene rings is 1. The number of rotatable bonds is 3. The maximum atomic E-state index is 11.2. The number of Topliss-reactive ketones (excluding diaryl/α,β-unsaturated/α-hetero) is 2. The fraction of sp³-hybridized carbons (Fsp3) is 0.167. The topological polar surface area (TPSA) is 54.4 Å². The zero-order valence-electron chi connectivity index (χ0n) is 9.25. The zero-order chi connectivity index (χ0) is 13.2. The molecule has 0 aromatic heterocycles. The van der Waals surface area contributed by atoms with E-state index in [0.717, 1.165) is 0 Å². The summed E-state index contributed by atoms with van der Waals surface area (Å²) in [7, 11) is 0. The number of phenolic OH excluding ortho intramolecular Hbond substituents is 1. The highest BCUT2D eigenvalue weighted by atomic mass is 35.5. The highest BCUT2D eigenvalue weighted by molar-refractivity contribution is 6.44. The van der Waals surface area contributed by atoms with Gasteiger partial charge in [0.1, 0.15) is 10.8 Å². The van der Waals surface area contributed by atoms with Gasteiger partial charge in [-0.3, -0.25) is 9.59 Å². The Kier molecular flexibility index (Phi) is 4.32. The molecule has 0 radical (unpaired) electrons. The molecule has 5 heteroatoms. The summed E-state index contributed by atoms with van der Waals surface area (Å²) in [6.07, 6.45) is 1.36. The minimum Gasteiger partial charge on any atom is -0.506 e. The molecule has 0 spiro atoms. The van der Waals surface area contributed by atoms with Crippen LogP contribution in [0.5, 0.6) is 5.75 Å². The molecule has 0 saturated carbocycles. The van der Waals surface area contributed by atoms with Crippen molar-refractivity contribution in [3.63, 3.8) is 0 Å². The van der Waals surface area contributed by atoms with Crippen molar-refractivity contribution < 1.29 is 14.7 Å². The Balaban J connectivity index is 3.35. The number of halogens is 2. The molecule has 0 fully saturated rings. The van der Waals surface area contributed by atoms with Gasteiger partial charge >= 0.3 is 0 Å². The Morgan fingerprint density at radius 2 is 1.65 bits per heavy atom. The van der Waals surface area contributed by atoms with Gasteiger partial charge in [-0.25, -0.2) is 0 Å². The van der Waals surface area contributed by atoms with Gasteiger partial charge in [0.15, 0.2) is 11.6 Å². The molecule has 0 aliphatic carbocycles. The summed E-state index contributed by atoms with van der Waals surface area (Å²) in [6.45, 7) is 2.59. The van der Waals surface area contributed by atoms with E-state index >= 15 is 0 Å². The van der Waals surface area contributed by atoms with Crippen LogP contribution in [0.4, 0.5) is 0 Å². The number of allylic oxidation sites excluding steroid dienone is 1. The Labute approximate surface area is 109 Å². The Morgan fingerprint density at radius 1 is 1.12 bits per heavy atom. The number of aromatic hydroxyl groups is 1. The number of hydrogen-bond acceptors (Lipinski definition) is 3. The van der Waals surface area contributed by atoms with E-state index in [0.29, 0.717) is 5.56 Å². The molecule has 0 aliphatic heterocycles.